The summed E-state index contributed by atoms with van der Waals surface area (Å²) in [7, 11) is 0. The predicted octanol–water partition coefficient (Wildman–Crippen LogP) is 1.95. The first-order valence-corrected chi connectivity index (χ1v) is 11.7. The second-order valence-corrected chi connectivity index (χ2v) is 8.51. The number of aromatic nitrogens is 1. The van der Waals surface area contributed by atoms with Gasteiger partial charge in [-0.3, -0.25) is 14.6 Å². The van der Waals surface area contributed by atoms with E-state index in [0.717, 1.165) is 42.8 Å². The zero-order chi connectivity index (χ0) is 24.1. The van der Waals surface area contributed by atoms with Crippen LogP contribution in [0.1, 0.15) is 46.9 Å². The van der Waals surface area contributed by atoms with Crippen molar-refractivity contribution in [3.8, 4) is 0 Å². The molecule has 1 aromatic heterocycles. The van der Waals surface area contributed by atoms with Crippen LogP contribution in [0.25, 0.3) is 6.08 Å². The van der Waals surface area contributed by atoms with Crippen LogP contribution in [0.15, 0.2) is 41.0 Å². The number of amides is 2. The number of nitrogens with zero attached hydrogens (tertiary/aromatic N) is 3. The van der Waals surface area contributed by atoms with Crippen LogP contribution in [0.4, 0.5) is 11.4 Å². The van der Waals surface area contributed by atoms with Crippen LogP contribution in [-0.2, 0) is 17.8 Å². The third-order valence-corrected chi connectivity index (χ3v) is 5.88. The van der Waals surface area contributed by atoms with Crippen LogP contribution < -0.4 is 22.1 Å². The third kappa shape index (κ3) is 5.32. The highest BCUT2D eigenvalue weighted by Gasteiger charge is 2.21. The zero-order valence-corrected chi connectivity index (χ0v) is 19.4. The molecule has 0 aliphatic carbocycles. The molecule has 34 heavy (non-hydrogen) atoms. The van der Waals surface area contributed by atoms with Crippen molar-refractivity contribution < 1.29 is 9.59 Å². The maximum Gasteiger partial charge on any atom is 0.255 e. The summed E-state index contributed by atoms with van der Waals surface area (Å²) in [4.78, 5) is 36.7. The highest BCUT2D eigenvalue weighted by molar-refractivity contribution is 6.07. The van der Waals surface area contributed by atoms with Crippen molar-refractivity contribution in [1.82, 2.24) is 15.2 Å². The lowest BCUT2D eigenvalue weighted by Gasteiger charge is -2.22. The van der Waals surface area contributed by atoms with E-state index in [0.29, 0.717) is 48.0 Å². The Morgan fingerprint density at radius 1 is 1.24 bits per heavy atom. The van der Waals surface area contributed by atoms with E-state index in [1.165, 1.54) is 0 Å². The largest absolute Gasteiger partial charge is 0.387 e. The van der Waals surface area contributed by atoms with Crippen LogP contribution in [0.2, 0.25) is 0 Å². The number of fused-ring (bicyclic) bond motifs is 2. The quantitative estimate of drug-likeness (QED) is 0.497. The van der Waals surface area contributed by atoms with Crippen LogP contribution in [0.3, 0.4) is 0 Å². The van der Waals surface area contributed by atoms with E-state index >= 15 is 0 Å². The van der Waals surface area contributed by atoms with E-state index in [-0.39, 0.29) is 18.2 Å². The number of rotatable bonds is 7. The fourth-order valence-corrected chi connectivity index (χ4v) is 4.23. The summed E-state index contributed by atoms with van der Waals surface area (Å²) in [5.41, 5.74) is 16.9. The lowest BCUT2D eigenvalue weighted by Crippen LogP contribution is -2.37. The van der Waals surface area contributed by atoms with Gasteiger partial charge in [-0.2, -0.15) is 0 Å². The van der Waals surface area contributed by atoms with E-state index < -0.39 is 0 Å². The third-order valence-electron chi connectivity index (χ3n) is 5.88. The minimum Gasteiger partial charge on any atom is -0.387 e. The van der Waals surface area contributed by atoms with Crippen LogP contribution in [0, 0.1) is 0 Å². The lowest BCUT2D eigenvalue weighted by molar-refractivity contribution is -0.127. The number of pyridine rings is 1. The molecule has 2 aromatic rings. The molecular formula is C25H31N7O2. The van der Waals surface area contributed by atoms with E-state index in [2.05, 4.69) is 20.6 Å². The molecule has 0 bridgehead atoms. The molecule has 1 aromatic carbocycles. The molecule has 2 amide bonds. The number of hydrogen-bond donors (Lipinski definition) is 4. The monoisotopic (exact) mass is 461 g/mol. The Kier molecular flexibility index (Phi) is 7.34. The molecule has 0 unspecified atom stereocenters. The van der Waals surface area contributed by atoms with Crippen LogP contribution in [-0.4, -0.2) is 53.7 Å². The molecule has 178 valence electrons. The number of carbonyl (C=O) groups is 2. The first kappa shape index (κ1) is 23.6. The van der Waals surface area contributed by atoms with Gasteiger partial charge in [-0.25, -0.2) is 4.99 Å². The summed E-state index contributed by atoms with van der Waals surface area (Å²) < 4.78 is 0. The molecule has 0 atom stereocenters. The molecule has 0 saturated carbocycles. The molecule has 9 nitrogen and oxygen atoms in total. The number of anilines is 1. The Morgan fingerprint density at radius 3 is 2.88 bits per heavy atom. The topological polar surface area (TPSA) is 139 Å². The summed E-state index contributed by atoms with van der Waals surface area (Å²) in [6.45, 7) is 5.19. The molecule has 0 saturated heterocycles. The van der Waals surface area contributed by atoms with Gasteiger partial charge in [-0.05, 0) is 36.3 Å². The SMILES string of the molecule is CCCN(CCN)C(=O)C1=Cc2ccc(C(=O)Nc3cnc4c(c3)CNCC4)cc2N=C(N)C1. The molecule has 2 aliphatic heterocycles. The molecule has 0 fully saturated rings. The second-order valence-electron chi connectivity index (χ2n) is 8.51. The molecule has 9 heteroatoms. The van der Waals surface area contributed by atoms with E-state index in [4.69, 9.17) is 11.5 Å². The number of nitrogens with one attached hydrogen (secondary N) is 2. The second kappa shape index (κ2) is 10.6. The lowest BCUT2D eigenvalue weighted by atomic mass is 10.0. The van der Waals surface area contributed by atoms with Crippen LogP contribution >= 0.6 is 0 Å². The van der Waals surface area contributed by atoms with Gasteiger partial charge in [-0.15, -0.1) is 0 Å². The predicted molar refractivity (Wildman–Crippen MR) is 134 cm³/mol. The van der Waals surface area contributed by atoms with Crippen molar-refractivity contribution >= 4 is 35.1 Å². The first-order valence-electron chi connectivity index (χ1n) is 11.7. The fourth-order valence-electron chi connectivity index (χ4n) is 4.23. The Balaban J connectivity index is 1.56. The first-order chi connectivity index (χ1) is 16.5. The Morgan fingerprint density at radius 2 is 2.09 bits per heavy atom. The average molecular weight is 462 g/mol. The summed E-state index contributed by atoms with van der Waals surface area (Å²) in [5, 5.41) is 6.23. The van der Waals surface area contributed by atoms with Gasteiger partial charge in [0.05, 0.1) is 17.6 Å². The van der Waals surface area contributed by atoms with Crippen LogP contribution in [0.5, 0.6) is 0 Å². The molecule has 4 rings (SSSR count). The van der Waals surface area contributed by atoms with Gasteiger partial charge in [-0.1, -0.05) is 13.0 Å². The van der Waals surface area contributed by atoms with Gasteiger partial charge in [0, 0.05) is 68.0 Å². The molecule has 0 spiro atoms. The molecule has 6 N–H and O–H groups in total. The fraction of sp³-hybridized carbons (Fsp3) is 0.360. The Hall–Kier alpha value is -3.56. The van der Waals surface area contributed by atoms with Crippen molar-refractivity contribution in [2.45, 2.75) is 32.7 Å². The summed E-state index contributed by atoms with van der Waals surface area (Å²) in [6.07, 6.45) is 5.46. The minimum atomic E-state index is -0.260. The maximum absolute atomic E-state index is 13.1. The minimum absolute atomic E-state index is 0.0884. The molecular weight excluding hydrogens is 430 g/mol. The van der Waals surface area contributed by atoms with Crippen molar-refractivity contribution in [2.75, 3.05) is 31.5 Å². The van der Waals surface area contributed by atoms with Gasteiger partial charge in [0.15, 0.2) is 0 Å². The highest BCUT2D eigenvalue weighted by Crippen LogP contribution is 2.29. The summed E-state index contributed by atoms with van der Waals surface area (Å²) >= 11 is 0. The van der Waals surface area contributed by atoms with E-state index in [9.17, 15) is 9.59 Å². The van der Waals surface area contributed by atoms with E-state index in [1.54, 1.807) is 29.3 Å². The number of aliphatic imine (C=N–C) groups is 1. The Labute approximate surface area is 199 Å². The van der Waals surface area contributed by atoms with Gasteiger partial charge < -0.3 is 27.0 Å². The van der Waals surface area contributed by atoms with Crippen molar-refractivity contribution in [3.05, 3.63) is 58.4 Å². The molecule has 3 heterocycles. The Bertz CT molecular complexity index is 1150. The number of benzene rings is 1. The summed E-state index contributed by atoms with van der Waals surface area (Å²) in [5.74, 6) is -0.0234. The van der Waals surface area contributed by atoms with Crippen molar-refractivity contribution in [3.63, 3.8) is 0 Å². The highest BCUT2D eigenvalue weighted by atomic mass is 16.2. The number of hydrogen-bond acceptors (Lipinski definition) is 7. The zero-order valence-electron chi connectivity index (χ0n) is 19.4. The smallest absolute Gasteiger partial charge is 0.255 e. The standard InChI is InChI=1S/C25H31N7O2/c1-2-8-32(9-6-26)25(34)18-10-16-3-4-17(12-22(16)31-23(27)13-18)24(33)30-20-11-19-14-28-7-5-21(19)29-15-20/h3-4,10-12,15,28H,2,5-9,13-14,26H2,1H3,(H2,27,31)(H,30,33). The number of amidine groups is 1. The van der Waals surface area contributed by atoms with Gasteiger partial charge in [0.1, 0.15) is 5.84 Å². The van der Waals surface area contributed by atoms with E-state index in [1.807, 2.05) is 19.1 Å². The molecule has 2 aliphatic rings. The summed E-state index contributed by atoms with van der Waals surface area (Å²) in [6, 6.07) is 7.16. The van der Waals surface area contributed by atoms with Gasteiger partial charge in [0.2, 0.25) is 5.91 Å². The van der Waals surface area contributed by atoms with Crippen molar-refractivity contribution in [2.24, 2.45) is 16.5 Å². The molecule has 0 radical (unpaired) electrons. The number of nitrogens with two attached hydrogens (primary N) is 2. The van der Waals surface area contributed by atoms with Gasteiger partial charge >= 0.3 is 0 Å². The number of carbonyl (C=O) groups excluding carboxylic acids is 2. The average Bonchev–Trinajstić information content (AvgIpc) is 3.00. The normalized spacial score (nSPS) is 14.8. The maximum atomic E-state index is 13.1. The van der Waals surface area contributed by atoms with Gasteiger partial charge in [0.25, 0.3) is 5.91 Å². The van der Waals surface area contributed by atoms with Crippen molar-refractivity contribution in [1.29, 1.82) is 0 Å².